The lowest BCUT2D eigenvalue weighted by atomic mass is 10.1. The molecule has 20 heavy (non-hydrogen) atoms. The SMILES string of the molecule is Fc1ccccc1CCNc1nc2c(Br)cccn2n1. The minimum atomic E-state index is -0.181. The number of benzene rings is 1. The molecule has 0 aliphatic carbocycles. The lowest BCUT2D eigenvalue weighted by Gasteiger charge is -2.03. The predicted molar refractivity (Wildman–Crippen MR) is 79.3 cm³/mol. The van der Waals surface area contributed by atoms with Gasteiger partial charge in [0.15, 0.2) is 5.65 Å². The van der Waals surface area contributed by atoms with E-state index in [1.807, 2.05) is 24.4 Å². The molecule has 0 radical (unpaired) electrons. The van der Waals surface area contributed by atoms with E-state index < -0.39 is 0 Å². The van der Waals surface area contributed by atoms with Crippen molar-refractivity contribution in [1.82, 2.24) is 14.6 Å². The fraction of sp³-hybridized carbons (Fsp3) is 0.143. The lowest BCUT2D eigenvalue weighted by molar-refractivity contribution is 0.610. The first-order valence-electron chi connectivity index (χ1n) is 6.22. The third kappa shape index (κ3) is 2.65. The third-order valence-electron chi connectivity index (χ3n) is 2.95. The Morgan fingerprint density at radius 3 is 2.85 bits per heavy atom. The number of nitrogens with zero attached hydrogens (tertiary/aromatic N) is 3. The van der Waals surface area contributed by atoms with Gasteiger partial charge in [-0.2, -0.15) is 4.98 Å². The van der Waals surface area contributed by atoms with Crippen molar-refractivity contribution in [2.45, 2.75) is 6.42 Å². The molecular weight excluding hydrogens is 323 g/mol. The van der Waals surface area contributed by atoms with Crippen molar-refractivity contribution >= 4 is 27.5 Å². The van der Waals surface area contributed by atoms with Gasteiger partial charge in [-0.25, -0.2) is 8.91 Å². The van der Waals surface area contributed by atoms with E-state index in [9.17, 15) is 4.39 Å². The molecule has 1 aromatic carbocycles. The van der Waals surface area contributed by atoms with Crippen LogP contribution in [0, 0.1) is 5.82 Å². The van der Waals surface area contributed by atoms with Crippen molar-refractivity contribution in [2.24, 2.45) is 0 Å². The van der Waals surface area contributed by atoms with Gasteiger partial charge in [-0.05, 0) is 46.1 Å². The van der Waals surface area contributed by atoms with Gasteiger partial charge >= 0.3 is 0 Å². The van der Waals surface area contributed by atoms with Crippen LogP contribution in [-0.4, -0.2) is 21.1 Å². The summed E-state index contributed by atoms with van der Waals surface area (Å²) in [7, 11) is 0. The summed E-state index contributed by atoms with van der Waals surface area (Å²) in [5.74, 6) is 0.355. The van der Waals surface area contributed by atoms with Crippen LogP contribution in [0.3, 0.4) is 0 Å². The molecule has 3 rings (SSSR count). The Morgan fingerprint density at radius 1 is 1.20 bits per heavy atom. The zero-order valence-corrected chi connectivity index (χ0v) is 12.1. The number of halogens is 2. The highest BCUT2D eigenvalue weighted by atomic mass is 79.9. The fourth-order valence-electron chi connectivity index (χ4n) is 1.96. The van der Waals surface area contributed by atoms with E-state index in [0.29, 0.717) is 24.5 Å². The van der Waals surface area contributed by atoms with Crippen molar-refractivity contribution in [1.29, 1.82) is 0 Å². The number of pyridine rings is 1. The molecule has 6 heteroatoms. The number of nitrogens with one attached hydrogen (secondary N) is 1. The van der Waals surface area contributed by atoms with E-state index in [2.05, 4.69) is 31.3 Å². The summed E-state index contributed by atoms with van der Waals surface area (Å²) in [6.45, 7) is 0.579. The van der Waals surface area contributed by atoms with Gasteiger partial charge < -0.3 is 5.32 Å². The van der Waals surface area contributed by atoms with Crippen molar-refractivity contribution in [3.63, 3.8) is 0 Å². The smallest absolute Gasteiger partial charge is 0.243 e. The highest BCUT2D eigenvalue weighted by Crippen LogP contribution is 2.16. The molecule has 0 amide bonds. The van der Waals surface area contributed by atoms with Gasteiger partial charge in [0, 0.05) is 12.7 Å². The molecule has 0 aliphatic rings. The molecule has 0 atom stereocenters. The zero-order chi connectivity index (χ0) is 13.9. The standard InChI is InChI=1S/C14H12BrFN4/c15-11-5-3-9-20-13(11)18-14(19-20)17-8-7-10-4-1-2-6-12(10)16/h1-6,9H,7-8H2,(H,17,19). The van der Waals surface area contributed by atoms with Gasteiger partial charge in [-0.3, -0.25) is 0 Å². The monoisotopic (exact) mass is 334 g/mol. The molecule has 0 saturated carbocycles. The van der Waals surface area contributed by atoms with E-state index in [-0.39, 0.29) is 5.82 Å². The van der Waals surface area contributed by atoms with Crippen LogP contribution in [0.4, 0.5) is 10.3 Å². The van der Waals surface area contributed by atoms with Gasteiger partial charge in [0.1, 0.15) is 5.82 Å². The molecule has 0 bridgehead atoms. The van der Waals surface area contributed by atoms with Crippen LogP contribution in [0.2, 0.25) is 0 Å². The van der Waals surface area contributed by atoms with E-state index in [1.165, 1.54) is 6.07 Å². The summed E-state index contributed by atoms with van der Waals surface area (Å²) >= 11 is 3.42. The number of aromatic nitrogens is 3. The van der Waals surface area contributed by atoms with Gasteiger partial charge in [0.2, 0.25) is 5.95 Å². The summed E-state index contributed by atoms with van der Waals surface area (Å²) in [6, 6.07) is 10.6. The Kier molecular flexibility index (Phi) is 3.64. The predicted octanol–water partition coefficient (Wildman–Crippen LogP) is 3.29. The molecule has 0 fully saturated rings. The van der Waals surface area contributed by atoms with E-state index in [4.69, 9.17) is 0 Å². The Bertz CT molecular complexity index is 741. The largest absolute Gasteiger partial charge is 0.353 e. The van der Waals surface area contributed by atoms with Gasteiger partial charge in [-0.15, -0.1) is 5.10 Å². The molecule has 0 saturated heterocycles. The molecule has 0 spiro atoms. The van der Waals surface area contributed by atoms with Crippen LogP contribution < -0.4 is 5.32 Å². The maximum atomic E-state index is 13.5. The molecular formula is C14H12BrFN4. The van der Waals surface area contributed by atoms with Crippen molar-refractivity contribution in [3.8, 4) is 0 Å². The molecule has 102 valence electrons. The maximum Gasteiger partial charge on any atom is 0.243 e. The molecule has 2 heterocycles. The second kappa shape index (κ2) is 5.58. The normalized spacial score (nSPS) is 10.9. The van der Waals surface area contributed by atoms with Crippen LogP contribution >= 0.6 is 15.9 Å². The summed E-state index contributed by atoms with van der Waals surface area (Å²) in [6.07, 6.45) is 2.42. The highest BCUT2D eigenvalue weighted by molar-refractivity contribution is 9.10. The fourth-order valence-corrected chi connectivity index (χ4v) is 2.38. The Balaban J connectivity index is 1.68. The first kappa shape index (κ1) is 13.1. The van der Waals surface area contributed by atoms with Crippen LogP contribution in [0.1, 0.15) is 5.56 Å². The van der Waals surface area contributed by atoms with E-state index >= 15 is 0 Å². The quantitative estimate of drug-likeness (QED) is 0.796. The summed E-state index contributed by atoms with van der Waals surface area (Å²) < 4.78 is 16.0. The van der Waals surface area contributed by atoms with E-state index in [0.717, 1.165) is 10.1 Å². The second-order valence-corrected chi connectivity index (χ2v) is 5.18. The Morgan fingerprint density at radius 2 is 2.05 bits per heavy atom. The van der Waals surface area contributed by atoms with Gasteiger partial charge in [0.25, 0.3) is 0 Å². The number of fused-ring (bicyclic) bond motifs is 1. The second-order valence-electron chi connectivity index (χ2n) is 4.33. The maximum absolute atomic E-state index is 13.5. The molecule has 3 aromatic rings. The summed E-state index contributed by atoms with van der Waals surface area (Å²) in [4.78, 5) is 4.37. The highest BCUT2D eigenvalue weighted by Gasteiger charge is 2.06. The van der Waals surface area contributed by atoms with Crippen molar-refractivity contribution in [2.75, 3.05) is 11.9 Å². The number of rotatable bonds is 4. The number of hydrogen-bond acceptors (Lipinski definition) is 3. The summed E-state index contributed by atoms with van der Waals surface area (Å²) in [5, 5.41) is 7.40. The average Bonchev–Trinajstić information content (AvgIpc) is 2.85. The molecule has 4 nitrogen and oxygen atoms in total. The van der Waals surface area contributed by atoms with Crippen molar-refractivity contribution < 1.29 is 4.39 Å². The lowest BCUT2D eigenvalue weighted by Crippen LogP contribution is -2.07. The Hall–Kier alpha value is -1.95. The number of hydrogen-bond donors (Lipinski definition) is 1. The van der Waals surface area contributed by atoms with E-state index in [1.54, 1.807) is 16.6 Å². The van der Waals surface area contributed by atoms with Crippen LogP contribution in [-0.2, 0) is 6.42 Å². The topological polar surface area (TPSA) is 42.2 Å². The third-order valence-corrected chi connectivity index (χ3v) is 3.57. The first-order chi connectivity index (χ1) is 9.74. The minimum absolute atomic E-state index is 0.181. The molecule has 2 aromatic heterocycles. The Labute approximate surface area is 123 Å². The van der Waals surface area contributed by atoms with Crippen molar-refractivity contribution in [3.05, 3.63) is 58.4 Å². The van der Waals surface area contributed by atoms with Crippen LogP contribution in [0.5, 0.6) is 0 Å². The van der Waals surface area contributed by atoms with Crippen LogP contribution in [0.25, 0.3) is 5.65 Å². The molecule has 0 unspecified atom stereocenters. The van der Waals surface area contributed by atoms with Gasteiger partial charge in [0.05, 0.1) is 4.47 Å². The van der Waals surface area contributed by atoms with Crippen LogP contribution in [0.15, 0.2) is 47.1 Å². The molecule has 0 aliphatic heterocycles. The zero-order valence-electron chi connectivity index (χ0n) is 10.6. The average molecular weight is 335 g/mol. The van der Waals surface area contributed by atoms with Gasteiger partial charge in [-0.1, -0.05) is 18.2 Å². The minimum Gasteiger partial charge on any atom is -0.353 e. The number of anilines is 1. The molecule has 1 N–H and O–H groups in total. The first-order valence-corrected chi connectivity index (χ1v) is 7.01. The summed E-state index contributed by atoms with van der Waals surface area (Å²) in [5.41, 5.74) is 1.44.